The molecule has 0 atom stereocenters. The third-order valence-corrected chi connectivity index (χ3v) is 4.02. The first-order chi connectivity index (χ1) is 11.9. The number of hydrogen-bond donors (Lipinski definition) is 2. The molecule has 0 aliphatic heterocycles. The largest absolute Gasteiger partial charge is 0.490 e. The summed E-state index contributed by atoms with van der Waals surface area (Å²) in [6.07, 6.45) is 0. The average molecular weight is 432 g/mol. The van der Waals surface area contributed by atoms with E-state index in [1.54, 1.807) is 12.1 Å². The van der Waals surface area contributed by atoms with Gasteiger partial charge in [-0.05, 0) is 58.7 Å². The second-order valence-electron chi connectivity index (χ2n) is 5.08. The number of rotatable bonds is 8. The minimum absolute atomic E-state index is 0.0522. The summed E-state index contributed by atoms with van der Waals surface area (Å²) >= 11 is 9.18. The third kappa shape index (κ3) is 5.51. The summed E-state index contributed by atoms with van der Waals surface area (Å²) in [4.78, 5) is 10.9. The van der Waals surface area contributed by atoms with E-state index in [9.17, 15) is 9.18 Å². The van der Waals surface area contributed by atoms with Crippen molar-refractivity contribution in [2.24, 2.45) is 5.73 Å². The Balaban J connectivity index is 2.17. The van der Waals surface area contributed by atoms with Crippen molar-refractivity contribution in [2.45, 2.75) is 13.5 Å². The third-order valence-electron chi connectivity index (χ3n) is 3.14. The summed E-state index contributed by atoms with van der Waals surface area (Å²) in [6, 6.07) is 8.04. The molecule has 2 aromatic rings. The van der Waals surface area contributed by atoms with E-state index >= 15 is 0 Å². The molecule has 0 spiro atoms. The van der Waals surface area contributed by atoms with E-state index in [1.807, 2.05) is 13.0 Å². The van der Waals surface area contributed by atoms with E-state index in [1.165, 1.54) is 12.1 Å². The molecule has 8 heteroatoms. The fourth-order valence-corrected chi connectivity index (χ4v) is 2.86. The van der Waals surface area contributed by atoms with E-state index in [2.05, 4.69) is 21.2 Å². The molecule has 0 fully saturated rings. The molecule has 0 aliphatic rings. The normalized spacial score (nSPS) is 10.4. The maximum Gasteiger partial charge on any atom is 0.255 e. The highest BCUT2D eigenvalue weighted by Gasteiger charge is 2.13. The molecule has 134 valence electrons. The molecular weight excluding hydrogens is 415 g/mol. The van der Waals surface area contributed by atoms with Gasteiger partial charge in [0.1, 0.15) is 5.82 Å². The molecule has 2 aromatic carbocycles. The number of anilines is 1. The molecule has 0 radical (unpaired) electrons. The predicted molar refractivity (Wildman–Crippen MR) is 98.7 cm³/mol. The van der Waals surface area contributed by atoms with Crippen LogP contribution in [0.5, 0.6) is 11.5 Å². The number of nitrogens with two attached hydrogens (primary N) is 1. The standard InChI is InChI=1S/C17H17BrClFN2O3/c1-2-24-15-6-10(5-12(18)17(15)25-9-16(21)23)8-22-11-3-4-14(20)13(19)7-11/h3-7,22H,2,8-9H2,1H3,(H2,21,23). The van der Waals surface area contributed by atoms with Crippen LogP contribution in [0.2, 0.25) is 5.02 Å². The summed E-state index contributed by atoms with van der Waals surface area (Å²) < 4.78 is 24.8. The molecule has 1 amide bonds. The van der Waals surface area contributed by atoms with E-state index in [0.717, 1.165) is 5.56 Å². The van der Waals surface area contributed by atoms with Gasteiger partial charge in [0.05, 0.1) is 16.1 Å². The molecule has 0 aromatic heterocycles. The average Bonchev–Trinajstić information content (AvgIpc) is 2.55. The second-order valence-corrected chi connectivity index (χ2v) is 6.34. The number of primary amides is 1. The van der Waals surface area contributed by atoms with E-state index in [4.69, 9.17) is 26.8 Å². The lowest BCUT2D eigenvalue weighted by atomic mass is 10.2. The first-order valence-electron chi connectivity index (χ1n) is 7.46. The van der Waals surface area contributed by atoms with Gasteiger partial charge in [-0.1, -0.05) is 11.6 Å². The summed E-state index contributed by atoms with van der Waals surface area (Å²) in [6.45, 7) is 2.49. The van der Waals surface area contributed by atoms with Gasteiger partial charge in [0.2, 0.25) is 0 Å². The summed E-state index contributed by atoms with van der Waals surface area (Å²) in [5.74, 6) is -0.140. The van der Waals surface area contributed by atoms with Crippen LogP contribution in [0, 0.1) is 5.82 Å². The molecule has 0 saturated carbocycles. The fraction of sp³-hybridized carbons (Fsp3) is 0.235. The van der Waals surface area contributed by atoms with Crippen LogP contribution >= 0.6 is 27.5 Å². The van der Waals surface area contributed by atoms with Crippen LogP contribution < -0.4 is 20.5 Å². The number of amides is 1. The van der Waals surface area contributed by atoms with Crippen LogP contribution in [0.1, 0.15) is 12.5 Å². The highest BCUT2D eigenvalue weighted by molar-refractivity contribution is 9.10. The Hall–Kier alpha value is -1.99. The molecule has 0 aliphatic carbocycles. The number of benzene rings is 2. The van der Waals surface area contributed by atoms with Crippen molar-refractivity contribution in [1.29, 1.82) is 0 Å². The lowest BCUT2D eigenvalue weighted by molar-refractivity contribution is -0.119. The monoisotopic (exact) mass is 430 g/mol. The molecule has 0 saturated heterocycles. The minimum Gasteiger partial charge on any atom is -0.490 e. The topological polar surface area (TPSA) is 73.6 Å². The van der Waals surface area contributed by atoms with Crippen LogP contribution in [0.15, 0.2) is 34.8 Å². The first-order valence-corrected chi connectivity index (χ1v) is 8.63. The summed E-state index contributed by atoms with van der Waals surface area (Å²) in [5, 5.41) is 3.21. The van der Waals surface area contributed by atoms with E-state index < -0.39 is 11.7 Å². The first kappa shape index (κ1) is 19.3. The zero-order valence-corrected chi connectivity index (χ0v) is 15.8. The molecule has 0 unspecified atom stereocenters. The van der Waals surface area contributed by atoms with Gasteiger partial charge >= 0.3 is 0 Å². The fourth-order valence-electron chi connectivity index (χ4n) is 2.08. The molecular formula is C17H17BrClFN2O3. The van der Waals surface area contributed by atoms with Crippen molar-refractivity contribution >= 4 is 39.1 Å². The highest BCUT2D eigenvalue weighted by atomic mass is 79.9. The van der Waals surface area contributed by atoms with E-state index in [0.29, 0.717) is 34.8 Å². The number of carbonyl (C=O) groups excluding carboxylic acids is 1. The number of hydrogen-bond acceptors (Lipinski definition) is 4. The maximum atomic E-state index is 13.2. The van der Waals surface area contributed by atoms with Gasteiger partial charge in [-0.3, -0.25) is 4.79 Å². The second kappa shape index (κ2) is 8.92. The molecule has 5 nitrogen and oxygen atoms in total. The lowest BCUT2D eigenvalue weighted by Gasteiger charge is -2.15. The minimum atomic E-state index is -0.576. The van der Waals surface area contributed by atoms with Gasteiger partial charge in [-0.15, -0.1) is 0 Å². The van der Waals surface area contributed by atoms with Crippen LogP contribution in [-0.4, -0.2) is 19.1 Å². The van der Waals surface area contributed by atoms with Gasteiger partial charge in [0.15, 0.2) is 18.1 Å². The number of ether oxygens (including phenoxy) is 2. The summed E-state index contributed by atoms with van der Waals surface area (Å²) in [5.41, 5.74) is 6.69. The van der Waals surface area contributed by atoms with Gasteiger partial charge in [-0.2, -0.15) is 0 Å². The van der Waals surface area contributed by atoms with Crippen molar-refractivity contribution in [3.8, 4) is 11.5 Å². The van der Waals surface area contributed by atoms with Gasteiger partial charge in [0.25, 0.3) is 5.91 Å². The quantitative estimate of drug-likeness (QED) is 0.659. The number of nitrogens with one attached hydrogen (secondary N) is 1. The Morgan fingerprint density at radius 2 is 2.08 bits per heavy atom. The SMILES string of the molecule is CCOc1cc(CNc2ccc(F)c(Cl)c2)cc(Br)c1OCC(N)=O. The lowest BCUT2D eigenvalue weighted by Crippen LogP contribution is -2.20. The van der Waals surface area contributed by atoms with Crippen molar-refractivity contribution in [3.05, 3.63) is 51.2 Å². The van der Waals surface area contributed by atoms with Gasteiger partial charge in [0, 0.05) is 12.2 Å². The van der Waals surface area contributed by atoms with Crippen molar-refractivity contribution in [2.75, 3.05) is 18.5 Å². The Morgan fingerprint density at radius 1 is 1.32 bits per heavy atom. The van der Waals surface area contributed by atoms with E-state index in [-0.39, 0.29) is 11.6 Å². The Bertz CT molecular complexity index is 774. The highest BCUT2D eigenvalue weighted by Crippen LogP contribution is 2.37. The van der Waals surface area contributed by atoms with Crippen LogP contribution in [0.25, 0.3) is 0 Å². The van der Waals surface area contributed by atoms with Crippen molar-refractivity contribution < 1.29 is 18.7 Å². The predicted octanol–water partition coefficient (Wildman–Crippen LogP) is 4.12. The number of carbonyl (C=O) groups is 1. The smallest absolute Gasteiger partial charge is 0.255 e. The molecule has 0 heterocycles. The maximum absolute atomic E-state index is 13.2. The van der Waals surface area contributed by atoms with Crippen LogP contribution in [0.4, 0.5) is 10.1 Å². The number of halogens is 3. The van der Waals surface area contributed by atoms with Gasteiger partial charge < -0.3 is 20.5 Å². The van der Waals surface area contributed by atoms with Crippen LogP contribution in [0.3, 0.4) is 0 Å². The molecule has 0 bridgehead atoms. The zero-order chi connectivity index (χ0) is 18.4. The Labute approximate surface area is 158 Å². The van der Waals surface area contributed by atoms with Crippen molar-refractivity contribution in [3.63, 3.8) is 0 Å². The zero-order valence-electron chi connectivity index (χ0n) is 13.4. The van der Waals surface area contributed by atoms with Gasteiger partial charge in [-0.25, -0.2) is 4.39 Å². The van der Waals surface area contributed by atoms with Crippen molar-refractivity contribution in [1.82, 2.24) is 0 Å². The van der Waals surface area contributed by atoms with Crippen LogP contribution in [-0.2, 0) is 11.3 Å². The Morgan fingerprint density at radius 3 is 2.72 bits per heavy atom. The molecule has 3 N–H and O–H groups in total. The summed E-state index contributed by atoms with van der Waals surface area (Å²) in [7, 11) is 0. The Kier molecular flexibility index (Phi) is 6.90. The molecule has 2 rings (SSSR count). The molecule has 25 heavy (non-hydrogen) atoms.